The van der Waals surface area contributed by atoms with Gasteiger partial charge in [-0.3, -0.25) is 9.59 Å². The van der Waals surface area contributed by atoms with Gasteiger partial charge in [0.25, 0.3) is 0 Å². The lowest BCUT2D eigenvalue weighted by molar-refractivity contribution is -0.151. The monoisotopic (exact) mass is 902 g/mol. The van der Waals surface area contributed by atoms with E-state index >= 15 is 0 Å². The topological polar surface area (TPSA) is 95.9 Å². The first-order valence-electron chi connectivity index (χ1n) is 26.7. The van der Waals surface area contributed by atoms with Crippen LogP contribution in [0.4, 0.5) is 0 Å². The number of aliphatic hydroxyl groups excluding tert-OH is 2. The van der Waals surface area contributed by atoms with Crippen molar-refractivity contribution in [3.05, 3.63) is 109 Å². The highest BCUT2D eigenvalue weighted by Gasteiger charge is 2.24. The number of allylic oxidation sites excluding steroid dienone is 18. The van der Waals surface area contributed by atoms with Crippen LogP contribution in [0.1, 0.15) is 226 Å². The van der Waals surface area contributed by atoms with Crippen LogP contribution < -0.4 is 5.32 Å². The second kappa shape index (κ2) is 51.5. The maximum Gasteiger partial charge on any atom is 0.306 e. The molecule has 0 saturated heterocycles. The Bertz CT molecular complexity index is 1330. The number of nitrogens with one attached hydrogen (secondary N) is 1. The molecule has 65 heavy (non-hydrogen) atoms. The Morgan fingerprint density at radius 1 is 0.477 bits per heavy atom. The fraction of sp³-hybridized carbons (Fsp3) is 0.661. The molecule has 0 aliphatic carbocycles. The highest BCUT2D eigenvalue weighted by atomic mass is 16.5. The summed E-state index contributed by atoms with van der Waals surface area (Å²) in [7, 11) is 0. The Kier molecular flexibility index (Phi) is 48.7. The number of hydrogen-bond acceptors (Lipinski definition) is 5. The van der Waals surface area contributed by atoms with Gasteiger partial charge >= 0.3 is 5.97 Å². The smallest absolute Gasteiger partial charge is 0.306 e. The fourth-order valence-electron chi connectivity index (χ4n) is 7.51. The minimum Gasteiger partial charge on any atom is -0.462 e. The Morgan fingerprint density at radius 3 is 1.45 bits per heavy atom. The lowest BCUT2D eigenvalue weighted by Gasteiger charge is -2.24. The van der Waals surface area contributed by atoms with E-state index in [1.807, 2.05) is 48.6 Å². The molecular weight excluding hydrogens is 803 g/mol. The van der Waals surface area contributed by atoms with Crippen molar-refractivity contribution in [3.8, 4) is 0 Å². The number of carbonyl (C=O) groups excluding carboxylic acids is 2. The summed E-state index contributed by atoms with van der Waals surface area (Å²) in [6.07, 6.45) is 70.1. The van der Waals surface area contributed by atoms with Gasteiger partial charge in [0.15, 0.2) is 0 Å². The van der Waals surface area contributed by atoms with E-state index in [1.54, 1.807) is 0 Å². The predicted octanol–water partition coefficient (Wildman–Crippen LogP) is 16.3. The summed E-state index contributed by atoms with van der Waals surface area (Å²) < 4.78 is 5.88. The zero-order valence-electron chi connectivity index (χ0n) is 42.1. The molecule has 0 heterocycles. The molecule has 6 heteroatoms. The zero-order valence-corrected chi connectivity index (χ0v) is 42.1. The molecule has 0 bridgehead atoms. The summed E-state index contributed by atoms with van der Waals surface area (Å²) in [6.45, 7) is 6.20. The molecule has 370 valence electrons. The van der Waals surface area contributed by atoms with Gasteiger partial charge in [0.1, 0.15) is 6.10 Å². The van der Waals surface area contributed by atoms with Crippen molar-refractivity contribution in [3.63, 3.8) is 0 Å². The third-order valence-corrected chi connectivity index (χ3v) is 11.5. The second-order valence-electron chi connectivity index (χ2n) is 17.6. The SMILES string of the molecule is CC/C=C/C=C/C=C\C=C/C=C/CCCC(CC(=O)NC(CO)C(O)CCCCCCCCCCCCCCCCCCC)OC(=O)CCCCC/C=C/C/C=C/C/C=C/C/C=C/CC. The van der Waals surface area contributed by atoms with Crippen LogP contribution in [-0.4, -0.2) is 46.9 Å². The van der Waals surface area contributed by atoms with Crippen molar-refractivity contribution in [2.75, 3.05) is 6.61 Å². The van der Waals surface area contributed by atoms with Gasteiger partial charge in [-0.1, -0.05) is 246 Å². The molecule has 1 amide bonds. The normalized spacial score (nSPS) is 14.1. The third kappa shape index (κ3) is 46.8. The molecule has 0 aromatic rings. The van der Waals surface area contributed by atoms with Gasteiger partial charge in [-0.2, -0.15) is 0 Å². The van der Waals surface area contributed by atoms with Crippen molar-refractivity contribution in [2.24, 2.45) is 0 Å². The molecule has 0 spiro atoms. The van der Waals surface area contributed by atoms with E-state index in [4.69, 9.17) is 4.74 Å². The number of unbranched alkanes of at least 4 members (excludes halogenated alkanes) is 20. The second-order valence-corrected chi connectivity index (χ2v) is 17.6. The van der Waals surface area contributed by atoms with Gasteiger partial charge in [-0.25, -0.2) is 0 Å². The summed E-state index contributed by atoms with van der Waals surface area (Å²) in [4.78, 5) is 26.2. The molecule has 0 rings (SSSR count). The molecule has 0 saturated carbocycles. The molecule has 3 unspecified atom stereocenters. The van der Waals surface area contributed by atoms with Crippen LogP contribution in [0.15, 0.2) is 109 Å². The minimum atomic E-state index is -0.820. The number of rotatable bonds is 46. The minimum absolute atomic E-state index is 0.00922. The molecule has 6 nitrogen and oxygen atoms in total. The van der Waals surface area contributed by atoms with E-state index in [0.717, 1.165) is 89.9 Å². The Morgan fingerprint density at radius 2 is 0.923 bits per heavy atom. The van der Waals surface area contributed by atoms with Gasteiger partial charge < -0.3 is 20.3 Å². The average Bonchev–Trinajstić information content (AvgIpc) is 3.30. The third-order valence-electron chi connectivity index (χ3n) is 11.5. The quantitative estimate of drug-likeness (QED) is 0.0245. The Labute approximate surface area is 400 Å². The van der Waals surface area contributed by atoms with Gasteiger partial charge in [-0.05, 0) is 77.0 Å². The van der Waals surface area contributed by atoms with Crippen LogP contribution in [-0.2, 0) is 14.3 Å². The van der Waals surface area contributed by atoms with E-state index in [-0.39, 0.29) is 24.9 Å². The molecular formula is C59H99NO5. The van der Waals surface area contributed by atoms with Crippen LogP contribution in [0.2, 0.25) is 0 Å². The summed E-state index contributed by atoms with van der Waals surface area (Å²) in [6, 6.07) is -0.739. The van der Waals surface area contributed by atoms with E-state index in [2.05, 4.69) is 86.8 Å². The van der Waals surface area contributed by atoms with Gasteiger partial charge in [0, 0.05) is 6.42 Å². The van der Waals surface area contributed by atoms with Crippen molar-refractivity contribution in [1.82, 2.24) is 5.32 Å². The fourth-order valence-corrected chi connectivity index (χ4v) is 7.51. The largest absolute Gasteiger partial charge is 0.462 e. The van der Waals surface area contributed by atoms with E-state index in [9.17, 15) is 19.8 Å². The Balaban J connectivity index is 4.68. The summed E-state index contributed by atoms with van der Waals surface area (Å²) in [5.74, 6) is -0.591. The standard InChI is InChI=1S/C59H99NO5/c1-4-7-10-13-16-19-22-25-27-29-30-33-36-39-42-45-48-51-57(62)56(54-61)60-58(63)53-55(50-47-44-41-38-35-32-24-21-18-15-12-9-6-3)65-59(64)52-49-46-43-40-37-34-31-28-26-23-20-17-14-11-8-5-2/h8-9,11-12,15,17-18,20-21,24,26,28,32,34-35,37-38,41,55-57,61-62H,4-7,10,13-14,16,19,22-23,25,27,29-31,33,36,39-40,42-54H2,1-3H3,(H,60,63)/b11-8+,12-9+,18-15+,20-17+,24-21-,28-26+,35-32-,37-34+,41-38+. The number of ether oxygens (including phenoxy) is 1. The van der Waals surface area contributed by atoms with Crippen LogP contribution in [0.3, 0.4) is 0 Å². The van der Waals surface area contributed by atoms with Crippen LogP contribution >= 0.6 is 0 Å². The Hall–Kier alpha value is -3.48. The first kappa shape index (κ1) is 61.5. The van der Waals surface area contributed by atoms with Gasteiger partial charge in [0.05, 0.1) is 25.2 Å². The van der Waals surface area contributed by atoms with Gasteiger partial charge in [0.2, 0.25) is 5.91 Å². The lowest BCUT2D eigenvalue weighted by atomic mass is 10.0. The molecule has 0 aliphatic heterocycles. The van der Waals surface area contributed by atoms with E-state index < -0.39 is 18.2 Å². The maximum atomic E-state index is 13.2. The molecule has 0 fully saturated rings. The predicted molar refractivity (Wildman–Crippen MR) is 282 cm³/mol. The number of carbonyl (C=O) groups is 2. The van der Waals surface area contributed by atoms with E-state index in [0.29, 0.717) is 19.3 Å². The summed E-state index contributed by atoms with van der Waals surface area (Å²) in [5, 5.41) is 23.8. The maximum absolute atomic E-state index is 13.2. The number of aliphatic hydroxyl groups is 2. The van der Waals surface area contributed by atoms with Crippen molar-refractivity contribution < 1.29 is 24.5 Å². The first-order chi connectivity index (χ1) is 32.0. The van der Waals surface area contributed by atoms with Crippen LogP contribution in [0.25, 0.3) is 0 Å². The van der Waals surface area contributed by atoms with Crippen LogP contribution in [0.5, 0.6) is 0 Å². The van der Waals surface area contributed by atoms with Gasteiger partial charge in [-0.15, -0.1) is 0 Å². The lowest BCUT2D eigenvalue weighted by Crippen LogP contribution is -2.46. The highest BCUT2D eigenvalue weighted by molar-refractivity contribution is 5.77. The molecule has 0 aliphatic rings. The zero-order chi connectivity index (χ0) is 47.4. The van der Waals surface area contributed by atoms with Crippen LogP contribution in [0, 0.1) is 0 Å². The molecule has 0 aromatic carbocycles. The average molecular weight is 902 g/mol. The van der Waals surface area contributed by atoms with Crippen molar-refractivity contribution in [1.29, 1.82) is 0 Å². The molecule has 0 radical (unpaired) electrons. The first-order valence-corrected chi connectivity index (χ1v) is 26.7. The highest BCUT2D eigenvalue weighted by Crippen LogP contribution is 2.17. The number of hydrogen-bond donors (Lipinski definition) is 3. The number of amides is 1. The molecule has 3 N–H and O–H groups in total. The molecule has 3 atom stereocenters. The van der Waals surface area contributed by atoms with Crippen molar-refractivity contribution in [2.45, 2.75) is 244 Å². The number of esters is 1. The van der Waals surface area contributed by atoms with Crippen molar-refractivity contribution >= 4 is 11.9 Å². The van der Waals surface area contributed by atoms with E-state index in [1.165, 1.54) is 89.9 Å². The summed E-state index contributed by atoms with van der Waals surface area (Å²) >= 11 is 0. The summed E-state index contributed by atoms with van der Waals surface area (Å²) in [5.41, 5.74) is 0. The molecule has 0 aromatic heterocycles.